The van der Waals surface area contributed by atoms with Crippen molar-refractivity contribution in [2.45, 2.75) is 6.04 Å². The van der Waals surface area contributed by atoms with E-state index in [0.717, 1.165) is 0 Å². The number of aliphatic hydroxyl groups excluding tert-OH is 1. The molecule has 1 aliphatic rings. The Morgan fingerprint density at radius 1 is 1.03 bits per heavy atom. The number of hydrogen-bond acceptors (Lipinski definition) is 6. The van der Waals surface area contributed by atoms with Gasteiger partial charge >= 0.3 is 0 Å². The van der Waals surface area contributed by atoms with Crippen molar-refractivity contribution >= 4 is 57.7 Å². The molecule has 1 aromatic heterocycles. The van der Waals surface area contributed by atoms with E-state index in [9.17, 15) is 14.7 Å². The number of Topliss-reactive ketones (excluding diaryl/α,β-unsaturated/α-hetero) is 1. The lowest BCUT2D eigenvalue weighted by Crippen LogP contribution is -2.29. The van der Waals surface area contributed by atoms with E-state index in [1.54, 1.807) is 30.3 Å². The van der Waals surface area contributed by atoms with Crippen LogP contribution in [0.25, 0.3) is 5.76 Å². The molecule has 2 heterocycles. The number of carbonyl (C=O) groups is 2. The van der Waals surface area contributed by atoms with Gasteiger partial charge in [-0.1, -0.05) is 47.5 Å². The van der Waals surface area contributed by atoms with Crippen molar-refractivity contribution in [3.8, 4) is 11.5 Å². The number of benzene rings is 2. The third-order valence-electron chi connectivity index (χ3n) is 5.09. The minimum absolute atomic E-state index is 0.0361. The molecule has 1 N–H and O–H groups in total. The fourth-order valence-electron chi connectivity index (χ4n) is 3.70. The van der Waals surface area contributed by atoms with E-state index < -0.39 is 23.5 Å². The molecule has 0 saturated carbocycles. The summed E-state index contributed by atoms with van der Waals surface area (Å²) in [4.78, 5) is 28.3. The lowest BCUT2D eigenvalue weighted by molar-refractivity contribution is -0.132. The molecule has 6 nitrogen and oxygen atoms in total. The Morgan fingerprint density at radius 2 is 1.72 bits per heavy atom. The fraction of sp³-hybridized carbons (Fsp3) is 0.130. The highest BCUT2D eigenvalue weighted by atomic mass is 35.5. The van der Waals surface area contributed by atoms with Gasteiger partial charge in [-0.2, -0.15) is 0 Å². The molecule has 1 aliphatic heterocycles. The van der Waals surface area contributed by atoms with Gasteiger partial charge in [0.25, 0.3) is 11.7 Å². The molecule has 1 unspecified atom stereocenters. The lowest BCUT2D eigenvalue weighted by Gasteiger charge is -2.24. The summed E-state index contributed by atoms with van der Waals surface area (Å²) in [6.45, 7) is 0. The van der Waals surface area contributed by atoms with Gasteiger partial charge in [0.15, 0.2) is 11.5 Å². The summed E-state index contributed by atoms with van der Waals surface area (Å²) in [7, 11) is 2.76. The number of para-hydroxylation sites is 1. The van der Waals surface area contributed by atoms with Crippen molar-refractivity contribution < 1.29 is 24.2 Å². The second kappa shape index (κ2) is 8.86. The number of thiophene rings is 1. The first-order chi connectivity index (χ1) is 15.4. The van der Waals surface area contributed by atoms with Crippen LogP contribution in [-0.2, 0) is 9.59 Å². The second-order valence-electron chi connectivity index (χ2n) is 6.81. The van der Waals surface area contributed by atoms with Crippen molar-refractivity contribution in [2.24, 2.45) is 0 Å². The number of carbonyl (C=O) groups excluding carboxylic acids is 2. The Bertz CT molecular complexity index is 1220. The van der Waals surface area contributed by atoms with Gasteiger partial charge in [-0.05, 0) is 29.6 Å². The Morgan fingerprint density at radius 3 is 2.31 bits per heavy atom. The van der Waals surface area contributed by atoms with Gasteiger partial charge in [0, 0.05) is 10.6 Å². The number of ether oxygens (including phenoxy) is 2. The summed E-state index contributed by atoms with van der Waals surface area (Å²) < 4.78 is 10.6. The lowest BCUT2D eigenvalue weighted by atomic mass is 9.99. The summed E-state index contributed by atoms with van der Waals surface area (Å²) in [6.07, 6.45) is 0. The Hall–Kier alpha value is -3.00. The first-order valence-electron chi connectivity index (χ1n) is 9.40. The molecular formula is C23H17Cl2NO5S. The molecule has 1 fully saturated rings. The number of nitrogens with zero attached hydrogens (tertiary/aromatic N) is 1. The normalized spacial score (nSPS) is 17.6. The first kappa shape index (κ1) is 22.2. The molecule has 1 atom stereocenters. The van der Waals surface area contributed by atoms with E-state index in [1.165, 1.54) is 36.5 Å². The van der Waals surface area contributed by atoms with Crippen LogP contribution in [0.15, 0.2) is 59.5 Å². The molecule has 3 aromatic rings. The maximum atomic E-state index is 13.2. The molecule has 4 rings (SSSR count). The van der Waals surface area contributed by atoms with Crippen LogP contribution in [0.4, 0.5) is 5.69 Å². The van der Waals surface area contributed by atoms with E-state index in [1.807, 2.05) is 17.5 Å². The summed E-state index contributed by atoms with van der Waals surface area (Å²) in [5.41, 5.74) is 0.526. The average Bonchev–Trinajstić information content (AvgIpc) is 3.41. The zero-order valence-corrected chi connectivity index (χ0v) is 19.3. The van der Waals surface area contributed by atoms with Crippen molar-refractivity contribution in [2.75, 3.05) is 19.1 Å². The van der Waals surface area contributed by atoms with Gasteiger partial charge in [-0.25, -0.2) is 0 Å². The summed E-state index contributed by atoms with van der Waals surface area (Å²) in [5.74, 6) is -1.78. The molecule has 2 aromatic carbocycles. The predicted octanol–water partition coefficient (Wildman–Crippen LogP) is 5.70. The Balaban J connectivity index is 1.99. The van der Waals surface area contributed by atoms with Crippen LogP contribution in [0.1, 0.15) is 16.5 Å². The van der Waals surface area contributed by atoms with Crippen LogP contribution in [0.5, 0.6) is 11.5 Å². The molecular weight excluding hydrogens is 473 g/mol. The monoisotopic (exact) mass is 489 g/mol. The summed E-state index contributed by atoms with van der Waals surface area (Å²) in [6, 6.07) is 13.0. The van der Waals surface area contributed by atoms with E-state index in [2.05, 4.69) is 0 Å². The maximum Gasteiger partial charge on any atom is 0.300 e. The highest BCUT2D eigenvalue weighted by Crippen LogP contribution is 2.48. The Labute approximate surface area is 198 Å². The summed E-state index contributed by atoms with van der Waals surface area (Å²) in [5, 5.41) is 13.3. The first-order valence-corrected chi connectivity index (χ1v) is 11.0. The number of anilines is 1. The number of amides is 1. The van der Waals surface area contributed by atoms with Crippen LogP contribution in [-0.4, -0.2) is 31.0 Å². The number of hydrogen-bond donors (Lipinski definition) is 1. The zero-order chi connectivity index (χ0) is 23.0. The van der Waals surface area contributed by atoms with Gasteiger partial charge in [-0.3, -0.25) is 14.5 Å². The van der Waals surface area contributed by atoms with Crippen molar-refractivity contribution in [1.29, 1.82) is 0 Å². The van der Waals surface area contributed by atoms with Gasteiger partial charge in [-0.15, -0.1) is 11.3 Å². The van der Waals surface area contributed by atoms with Gasteiger partial charge in [0.05, 0.1) is 30.4 Å². The molecule has 1 amide bonds. The topological polar surface area (TPSA) is 76.1 Å². The maximum absolute atomic E-state index is 13.2. The van der Waals surface area contributed by atoms with Crippen molar-refractivity contribution in [1.82, 2.24) is 0 Å². The van der Waals surface area contributed by atoms with Crippen LogP contribution >= 0.6 is 34.5 Å². The van der Waals surface area contributed by atoms with Crippen LogP contribution in [0.2, 0.25) is 10.0 Å². The number of methoxy groups -OCH3 is 2. The van der Waals surface area contributed by atoms with E-state index in [4.69, 9.17) is 32.7 Å². The van der Waals surface area contributed by atoms with Crippen LogP contribution in [0, 0.1) is 0 Å². The van der Waals surface area contributed by atoms with E-state index in [-0.39, 0.29) is 32.7 Å². The van der Waals surface area contributed by atoms with Crippen LogP contribution < -0.4 is 14.4 Å². The molecule has 0 spiro atoms. The highest BCUT2D eigenvalue weighted by molar-refractivity contribution is 7.10. The quantitative estimate of drug-likeness (QED) is 0.282. The molecule has 164 valence electrons. The summed E-state index contributed by atoms with van der Waals surface area (Å²) >= 11 is 14.0. The van der Waals surface area contributed by atoms with E-state index >= 15 is 0 Å². The van der Waals surface area contributed by atoms with Crippen LogP contribution in [0.3, 0.4) is 0 Å². The number of ketones is 1. The third-order valence-corrected chi connectivity index (χ3v) is 6.63. The van der Waals surface area contributed by atoms with Gasteiger partial charge in [0.2, 0.25) is 0 Å². The van der Waals surface area contributed by atoms with Crippen molar-refractivity contribution in [3.05, 3.63) is 80.0 Å². The number of halogens is 2. The molecule has 0 bridgehead atoms. The number of aliphatic hydroxyl groups is 1. The molecule has 0 radical (unpaired) electrons. The zero-order valence-electron chi connectivity index (χ0n) is 17.0. The Kier molecular flexibility index (Phi) is 6.15. The SMILES string of the molecule is COc1c(Cl)cc(/C(O)=C2/C(=O)C(=O)N(c3ccccc3)C2c2cccs2)c(OC)c1Cl. The minimum atomic E-state index is -0.832. The van der Waals surface area contributed by atoms with Crippen molar-refractivity contribution in [3.63, 3.8) is 0 Å². The minimum Gasteiger partial charge on any atom is -0.507 e. The molecule has 9 heteroatoms. The third kappa shape index (κ3) is 3.52. The standard InChI is InChI=1S/C23H17Cl2NO5S/c1-30-21-13(11-14(24)22(31-2)17(21)25)19(27)16-18(15-9-6-10-32-15)26(23(29)20(16)28)12-7-4-3-5-8-12/h3-11,18,27H,1-2H3/b19-16-. The highest BCUT2D eigenvalue weighted by Gasteiger charge is 2.47. The number of rotatable bonds is 5. The van der Waals surface area contributed by atoms with E-state index in [0.29, 0.717) is 10.6 Å². The molecule has 0 aliphatic carbocycles. The fourth-order valence-corrected chi connectivity index (χ4v) is 5.21. The van der Waals surface area contributed by atoms with Gasteiger partial charge in [0.1, 0.15) is 16.8 Å². The largest absolute Gasteiger partial charge is 0.507 e. The molecule has 32 heavy (non-hydrogen) atoms. The smallest absolute Gasteiger partial charge is 0.300 e. The molecule has 1 saturated heterocycles. The predicted molar refractivity (Wildman–Crippen MR) is 125 cm³/mol. The average molecular weight is 490 g/mol. The van der Waals surface area contributed by atoms with Gasteiger partial charge < -0.3 is 14.6 Å². The second-order valence-corrected chi connectivity index (χ2v) is 8.57.